The maximum Gasteiger partial charge on any atom is 0.336 e. The second kappa shape index (κ2) is 18.1. The summed E-state index contributed by atoms with van der Waals surface area (Å²) in [6.45, 7) is 0.445. The monoisotopic (exact) mass is 1080 g/mol. The summed E-state index contributed by atoms with van der Waals surface area (Å²) in [7, 11) is 0. The molecule has 5 aromatic rings. The van der Waals surface area contributed by atoms with Crippen molar-refractivity contribution in [3.05, 3.63) is 141 Å². The number of aliphatic hydroxyl groups excluding tert-OH is 4. The number of fused-ring (bicyclic) bond motifs is 5. The molecule has 79 heavy (non-hydrogen) atoms. The second-order valence-corrected chi connectivity index (χ2v) is 22.3. The third-order valence-corrected chi connectivity index (χ3v) is 18.5. The summed E-state index contributed by atoms with van der Waals surface area (Å²) in [5.74, 6) is -3.55. The van der Waals surface area contributed by atoms with Crippen molar-refractivity contribution in [3.8, 4) is 40.1 Å². The highest BCUT2D eigenvalue weighted by Gasteiger charge is 2.83. The normalized spacial score (nSPS) is 34.1. The number of aromatic nitrogens is 1. The van der Waals surface area contributed by atoms with Crippen molar-refractivity contribution >= 4 is 22.8 Å². The van der Waals surface area contributed by atoms with Gasteiger partial charge in [0.2, 0.25) is 18.3 Å². The molecule has 0 unspecified atom stereocenters. The number of benzene rings is 3. The Labute approximate surface area is 449 Å². The molecule has 8 aliphatic rings. The number of phenolic OH excluding ortho intramolecular Hbond substituents is 2. The number of aliphatic carboxylic acids is 1. The van der Waals surface area contributed by atoms with Crippen LogP contribution in [0.3, 0.4) is 0 Å². The first-order chi connectivity index (χ1) is 37.9. The number of nitrogens with two attached hydrogens (primary N) is 2. The first-order valence-electron chi connectivity index (χ1n) is 26.3. The van der Waals surface area contributed by atoms with E-state index in [0.717, 1.165) is 42.5 Å². The summed E-state index contributed by atoms with van der Waals surface area (Å²) in [5.41, 5.74) is 5.69. The topological polar surface area (TPSA) is 370 Å². The number of hydrogen-bond acceptors (Lipinski definition) is 20. The van der Waals surface area contributed by atoms with Crippen molar-refractivity contribution in [2.24, 2.45) is 33.8 Å². The van der Waals surface area contributed by atoms with Crippen LogP contribution in [0.15, 0.2) is 129 Å². The van der Waals surface area contributed by atoms with E-state index < -0.39 is 111 Å². The summed E-state index contributed by atoms with van der Waals surface area (Å²) in [6.07, 6.45) is -0.234. The molecule has 414 valence electrons. The van der Waals surface area contributed by atoms with Gasteiger partial charge in [-0.05, 0) is 121 Å². The van der Waals surface area contributed by atoms with Crippen LogP contribution in [0, 0.1) is 28.1 Å². The third-order valence-electron chi connectivity index (χ3n) is 18.5. The van der Waals surface area contributed by atoms with Crippen LogP contribution in [-0.4, -0.2) is 125 Å². The predicted octanol–water partition coefficient (Wildman–Crippen LogP) is 2.25. The number of aromatic amines is 1. The minimum Gasteiger partial charge on any atom is -0.508 e. The van der Waals surface area contributed by atoms with Crippen LogP contribution in [0.25, 0.3) is 22.3 Å². The molecule has 22 heteroatoms. The number of carboxylic acids is 1. The molecule has 17 N–H and O–H groups in total. The van der Waals surface area contributed by atoms with Crippen LogP contribution in [0.1, 0.15) is 55.8 Å². The number of aliphatic hydroxyl groups is 6. The number of dihydropyridines is 1. The fourth-order valence-corrected chi connectivity index (χ4v) is 15.2. The molecule has 22 nitrogen and oxygen atoms in total. The van der Waals surface area contributed by atoms with E-state index in [0.29, 0.717) is 48.1 Å². The Morgan fingerprint density at radius 2 is 1.80 bits per heavy atom. The lowest BCUT2D eigenvalue weighted by Crippen LogP contribution is -2.85. The number of rotatable bonds is 13. The molecule has 13 rings (SSSR count). The molecule has 2 saturated heterocycles. The van der Waals surface area contributed by atoms with Crippen LogP contribution in [0.4, 0.5) is 5.82 Å². The van der Waals surface area contributed by atoms with E-state index in [2.05, 4.69) is 33.1 Å². The van der Waals surface area contributed by atoms with Gasteiger partial charge in [-0.2, -0.15) is 0 Å². The van der Waals surface area contributed by atoms with E-state index in [4.69, 9.17) is 34.8 Å². The first kappa shape index (κ1) is 51.1. The predicted molar refractivity (Wildman–Crippen MR) is 279 cm³/mol. The highest BCUT2D eigenvalue weighted by molar-refractivity contribution is 5.90. The van der Waals surface area contributed by atoms with E-state index in [1.807, 2.05) is 6.08 Å². The highest BCUT2D eigenvalue weighted by Crippen LogP contribution is 2.81. The fraction of sp³-hybridized carbons (Fsp3) is 0.404. The smallest absolute Gasteiger partial charge is 0.336 e. The van der Waals surface area contributed by atoms with Crippen molar-refractivity contribution in [1.29, 1.82) is 0 Å². The van der Waals surface area contributed by atoms with Gasteiger partial charge in [0.15, 0.2) is 34.7 Å². The minimum atomic E-state index is -2.80. The molecule has 14 atom stereocenters. The fourth-order valence-electron chi connectivity index (χ4n) is 15.2. The number of anilines is 1. The van der Waals surface area contributed by atoms with Crippen LogP contribution in [0.2, 0.25) is 0 Å². The second-order valence-electron chi connectivity index (χ2n) is 22.3. The Kier molecular flexibility index (Phi) is 11.7. The summed E-state index contributed by atoms with van der Waals surface area (Å²) >= 11 is 0. The SMILES string of the molecule is NC1=CC2=C(CC[C@@]34C=C[C@H]5C[C@]6([C@@H]7CNCN7)C(=C[C@]7(O)[C@H](Oc8cc9oc(-c%10ccc(O[C@@H](CO)[C@H](O)c%11ccc(N)[nH]%11)cc%10)cc(=O)c9c(O)c8O[C@H](O)c8cccc(O)c8)O[C@H](C(=O)O)[C@]6(O)[C@H]7O)[C@@]23[C@H]5CC4)CN1. The molecule has 3 aliphatic heterocycles. The lowest BCUT2D eigenvalue weighted by molar-refractivity contribution is -0.364. The number of H-pyrrole nitrogens is 1. The van der Waals surface area contributed by atoms with Gasteiger partial charge in [0.05, 0.1) is 12.4 Å². The molecule has 5 heterocycles. The van der Waals surface area contributed by atoms with Crippen LogP contribution >= 0.6 is 0 Å². The maximum atomic E-state index is 14.2. The van der Waals surface area contributed by atoms with Gasteiger partial charge in [-0.15, -0.1) is 0 Å². The van der Waals surface area contributed by atoms with Gasteiger partial charge in [-0.1, -0.05) is 24.3 Å². The molecule has 4 fully saturated rings. The zero-order chi connectivity index (χ0) is 55.1. The molecular formula is C57H60N6O16. The van der Waals surface area contributed by atoms with Crippen molar-refractivity contribution in [3.63, 3.8) is 0 Å². The molecule has 0 amide bonds. The van der Waals surface area contributed by atoms with Gasteiger partial charge in [-0.3, -0.25) is 10.1 Å². The lowest BCUT2D eigenvalue weighted by atomic mass is 9.33. The van der Waals surface area contributed by atoms with E-state index in [1.54, 1.807) is 12.1 Å². The molecule has 6 bridgehead atoms. The number of nitrogen functional groups attached to an aromatic ring is 1. The average molecular weight is 1090 g/mol. The number of carbonyl (C=O) groups is 1. The van der Waals surface area contributed by atoms with Gasteiger partial charge in [0.25, 0.3) is 0 Å². The van der Waals surface area contributed by atoms with E-state index in [1.165, 1.54) is 54.6 Å². The molecule has 3 aromatic carbocycles. The Bertz CT molecular complexity index is 3520. The van der Waals surface area contributed by atoms with Crippen molar-refractivity contribution in [2.45, 2.75) is 86.3 Å². The van der Waals surface area contributed by atoms with Crippen LogP contribution in [0.5, 0.6) is 28.7 Å². The van der Waals surface area contributed by atoms with E-state index >= 15 is 0 Å². The average Bonchev–Trinajstić information content (AvgIpc) is 1.96. The van der Waals surface area contributed by atoms with Gasteiger partial charge < -0.3 is 96.4 Å². The first-order valence-corrected chi connectivity index (χ1v) is 26.3. The third kappa shape index (κ3) is 7.15. The van der Waals surface area contributed by atoms with Crippen LogP contribution in [-0.2, 0) is 9.53 Å². The number of allylic oxidation sites excluding steroid dienone is 4. The van der Waals surface area contributed by atoms with Crippen molar-refractivity contribution in [1.82, 2.24) is 20.9 Å². The summed E-state index contributed by atoms with van der Waals surface area (Å²) < 4.78 is 31.1. The molecule has 2 saturated carbocycles. The number of carboxylic acid groups (broad SMARTS) is 1. The number of aromatic hydroxyl groups is 2. The van der Waals surface area contributed by atoms with E-state index in [-0.39, 0.29) is 53.2 Å². The Hall–Kier alpha value is -7.38. The number of phenols is 2. The van der Waals surface area contributed by atoms with Crippen molar-refractivity contribution < 1.29 is 74.1 Å². The maximum absolute atomic E-state index is 14.2. The van der Waals surface area contributed by atoms with Crippen LogP contribution < -0.4 is 47.1 Å². The van der Waals surface area contributed by atoms with Gasteiger partial charge in [0.1, 0.15) is 51.9 Å². The summed E-state index contributed by atoms with van der Waals surface area (Å²) in [5, 5.41) is 117. The van der Waals surface area contributed by atoms with Gasteiger partial charge in [-0.25, -0.2) is 4.79 Å². The van der Waals surface area contributed by atoms with Gasteiger partial charge >= 0.3 is 5.97 Å². The molecule has 1 spiro atoms. The van der Waals surface area contributed by atoms with Gasteiger partial charge in [0, 0.05) is 71.0 Å². The number of hydrogen-bond donors (Lipinski definition) is 15. The molecule has 5 aliphatic carbocycles. The minimum absolute atomic E-state index is 0.00915. The van der Waals surface area contributed by atoms with E-state index in [9.17, 15) is 55.5 Å². The summed E-state index contributed by atoms with van der Waals surface area (Å²) in [4.78, 5) is 31.1. The molecular weight excluding hydrogens is 1020 g/mol. The van der Waals surface area contributed by atoms with Crippen molar-refractivity contribution in [2.75, 3.05) is 32.1 Å². The largest absolute Gasteiger partial charge is 0.508 e. The molecule has 0 radical (unpaired) electrons. The zero-order valence-corrected chi connectivity index (χ0v) is 42.3. The standard InChI is InChI=1S/C57H60N6O16/c58-42-9-8-34(63-42)45(67)39(24-64)75-31-6-4-26(5-7-31)36-18-35(66)44-37(76-36)19-38(47(46(44)68)78-50(71)27-2-1-3-30(65)16-27)77-52-55(73)21-40-54(41-23-60-25-62-41,57(74,51(55)72)48(79-52)49(69)70)20-28-10-13-53-14-11-29-22-61-43(59)17-33(29)56(40,53)32(28)12-15-53/h1-10,13,16-19,21,28,32,39,41,45,48,50-52,60-65,67-68,71-74H,11-12,14-15,20,22-25,58-59H2,(H,69,70)/t28-,32-,39-,41-,45+,48+,50-,51-,52+,53+,54+,55+,56+,57-/m0/s1. The Morgan fingerprint density at radius 3 is 2.52 bits per heavy atom. The molecule has 2 aromatic heterocycles. The zero-order valence-electron chi connectivity index (χ0n) is 42.3. The number of ether oxygens (including phenoxy) is 4. The Balaban J connectivity index is 0.961. The summed E-state index contributed by atoms with van der Waals surface area (Å²) in [6, 6.07) is 16.1. The Morgan fingerprint density at radius 1 is 0.987 bits per heavy atom. The quantitative estimate of drug-likeness (QED) is 0.0594. The lowest BCUT2D eigenvalue weighted by Gasteiger charge is -2.73. The highest BCUT2D eigenvalue weighted by atomic mass is 16.7. The number of nitrogens with one attached hydrogen (secondary N) is 4.